The lowest BCUT2D eigenvalue weighted by Gasteiger charge is -2.16. The van der Waals surface area contributed by atoms with Gasteiger partial charge in [0.1, 0.15) is 6.04 Å². The number of aliphatic carboxylic acids is 1. The van der Waals surface area contributed by atoms with Crippen LogP contribution in [-0.2, 0) is 18.3 Å². The van der Waals surface area contributed by atoms with Crippen LogP contribution in [0, 0.1) is 10.1 Å². The predicted octanol–water partition coefficient (Wildman–Crippen LogP) is 3.33. The van der Waals surface area contributed by atoms with E-state index in [2.05, 4.69) is 5.32 Å². The molecule has 3 aromatic carbocycles. The predicted molar refractivity (Wildman–Crippen MR) is 140 cm³/mol. The van der Waals surface area contributed by atoms with Crippen molar-refractivity contribution in [2.24, 2.45) is 7.05 Å². The molecule has 0 fully saturated rings. The van der Waals surface area contributed by atoms with Crippen LogP contribution in [-0.4, -0.2) is 37.1 Å². The van der Waals surface area contributed by atoms with Gasteiger partial charge in [0.2, 0.25) is 0 Å². The molecule has 1 atom stereocenters. The summed E-state index contributed by atoms with van der Waals surface area (Å²) in [4.78, 5) is 61.1. The summed E-state index contributed by atoms with van der Waals surface area (Å²) in [6, 6.07) is 12.6. The molecule has 0 saturated heterocycles. The van der Waals surface area contributed by atoms with Gasteiger partial charge in [0.05, 0.1) is 37.1 Å². The van der Waals surface area contributed by atoms with E-state index in [-0.39, 0.29) is 44.3 Å². The summed E-state index contributed by atoms with van der Waals surface area (Å²) in [5.74, 6) is -2.06. The molecule has 194 valence electrons. The van der Waals surface area contributed by atoms with Crippen molar-refractivity contribution in [3.63, 3.8) is 0 Å². The van der Waals surface area contributed by atoms with Crippen LogP contribution in [0.4, 0.5) is 5.69 Å². The van der Waals surface area contributed by atoms with Gasteiger partial charge in [-0.2, -0.15) is 0 Å². The Morgan fingerprint density at radius 1 is 1.05 bits per heavy atom. The zero-order chi connectivity index (χ0) is 27.7. The van der Waals surface area contributed by atoms with Gasteiger partial charge in [0.25, 0.3) is 17.2 Å². The number of carboxylic acid groups (broad SMARTS) is 1. The molecule has 1 aromatic heterocycles. The van der Waals surface area contributed by atoms with E-state index in [0.717, 1.165) is 10.6 Å². The molecule has 1 amide bonds. The first-order valence-corrected chi connectivity index (χ1v) is 11.7. The molecular formula is C25H18Cl2N4O7. The maximum Gasteiger partial charge on any atom is 0.335 e. The van der Waals surface area contributed by atoms with E-state index in [1.165, 1.54) is 60.1 Å². The van der Waals surface area contributed by atoms with Crippen LogP contribution in [0.3, 0.4) is 0 Å². The van der Waals surface area contributed by atoms with Gasteiger partial charge in [-0.15, -0.1) is 0 Å². The Kier molecular flexibility index (Phi) is 7.33. The Morgan fingerprint density at radius 2 is 1.68 bits per heavy atom. The van der Waals surface area contributed by atoms with Crippen molar-refractivity contribution < 1.29 is 19.6 Å². The van der Waals surface area contributed by atoms with E-state index in [9.17, 15) is 34.4 Å². The molecule has 0 aliphatic carbocycles. The van der Waals surface area contributed by atoms with Gasteiger partial charge < -0.3 is 10.4 Å². The smallest absolute Gasteiger partial charge is 0.335 e. The first-order chi connectivity index (χ1) is 18.0. The van der Waals surface area contributed by atoms with Crippen LogP contribution < -0.4 is 16.6 Å². The minimum atomic E-state index is -1.34. The number of hydrogen-bond acceptors (Lipinski definition) is 6. The van der Waals surface area contributed by atoms with E-state index in [4.69, 9.17) is 23.2 Å². The highest BCUT2D eigenvalue weighted by Gasteiger charge is 2.24. The second-order valence-corrected chi connectivity index (χ2v) is 9.09. The fourth-order valence-electron chi connectivity index (χ4n) is 3.95. The van der Waals surface area contributed by atoms with E-state index >= 15 is 0 Å². The van der Waals surface area contributed by atoms with Crippen molar-refractivity contribution >= 4 is 51.7 Å². The molecule has 0 aliphatic rings. The first kappa shape index (κ1) is 26.6. The summed E-state index contributed by atoms with van der Waals surface area (Å²) in [5.41, 5.74) is -0.876. The van der Waals surface area contributed by atoms with Crippen molar-refractivity contribution in [1.29, 1.82) is 0 Å². The highest BCUT2D eigenvalue weighted by molar-refractivity contribution is 6.39. The molecule has 2 N–H and O–H groups in total. The molecule has 0 bridgehead atoms. The van der Waals surface area contributed by atoms with E-state index in [1.807, 2.05) is 0 Å². The van der Waals surface area contributed by atoms with Crippen LogP contribution >= 0.6 is 23.2 Å². The number of carbonyl (C=O) groups is 2. The van der Waals surface area contributed by atoms with Crippen molar-refractivity contribution in [1.82, 2.24) is 14.5 Å². The standard InChI is InChI=1S/C25H18Cl2N4O7/c1-29-20-10-9-15(31(37)38)12-16(20)23(33)30(25(29)36)14-7-5-13(6-8-14)11-19(24(34)35)28-22(32)21-17(26)3-2-4-18(21)27/h2-10,12,19H,11H2,1H3,(H,28,32)(H,34,35)/t19-/m0/s1. The fraction of sp³-hybridized carbons (Fsp3) is 0.120. The van der Waals surface area contributed by atoms with Crippen LogP contribution in [0.5, 0.6) is 0 Å². The van der Waals surface area contributed by atoms with Crippen LogP contribution in [0.25, 0.3) is 16.6 Å². The third-order valence-corrected chi connectivity index (χ3v) is 6.52. The number of carbonyl (C=O) groups excluding carboxylic acids is 1. The quantitative estimate of drug-likeness (QED) is 0.261. The maximum absolute atomic E-state index is 13.1. The summed E-state index contributed by atoms with van der Waals surface area (Å²) in [7, 11) is 1.44. The van der Waals surface area contributed by atoms with Gasteiger partial charge >= 0.3 is 11.7 Å². The number of benzene rings is 3. The Hall–Kier alpha value is -4.48. The molecule has 0 saturated carbocycles. The normalized spacial score (nSPS) is 11.8. The average Bonchev–Trinajstić information content (AvgIpc) is 2.87. The summed E-state index contributed by atoms with van der Waals surface area (Å²) < 4.78 is 2.07. The summed E-state index contributed by atoms with van der Waals surface area (Å²) in [6.45, 7) is 0. The van der Waals surface area contributed by atoms with E-state index in [0.29, 0.717) is 5.56 Å². The third-order valence-electron chi connectivity index (χ3n) is 5.89. The minimum absolute atomic E-state index is 0.0164. The molecule has 38 heavy (non-hydrogen) atoms. The lowest BCUT2D eigenvalue weighted by atomic mass is 10.0. The number of aryl methyl sites for hydroxylation is 1. The van der Waals surface area contributed by atoms with Gasteiger partial charge in [0.15, 0.2) is 0 Å². The Balaban J connectivity index is 1.65. The number of nitro groups is 1. The molecular weight excluding hydrogens is 539 g/mol. The number of nitro benzene ring substituents is 1. The van der Waals surface area contributed by atoms with Gasteiger partial charge in [0, 0.05) is 25.6 Å². The molecule has 0 spiro atoms. The Labute approximate surface area is 223 Å². The highest BCUT2D eigenvalue weighted by Crippen LogP contribution is 2.24. The third kappa shape index (κ3) is 5.01. The van der Waals surface area contributed by atoms with Gasteiger partial charge in [-0.3, -0.25) is 24.3 Å². The number of rotatable bonds is 7. The van der Waals surface area contributed by atoms with Crippen LogP contribution in [0.15, 0.2) is 70.3 Å². The van der Waals surface area contributed by atoms with E-state index < -0.39 is 34.1 Å². The van der Waals surface area contributed by atoms with Crippen molar-refractivity contribution in [2.75, 3.05) is 0 Å². The lowest BCUT2D eigenvalue weighted by Crippen LogP contribution is -2.42. The fourth-order valence-corrected chi connectivity index (χ4v) is 4.52. The molecule has 11 nitrogen and oxygen atoms in total. The molecule has 13 heteroatoms. The van der Waals surface area contributed by atoms with Gasteiger partial charge in [-0.05, 0) is 35.9 Å². The SMILES string of the molecule is Cn1c(=O)n(-c2ccc(C[C@H](NC(=O)c3c(Cl)cccc3Cl)C(=O)O)cc2)c(=O)c2cc([N+](=O)[O-])ccc21. The minimum Gasteiger partial charge on any atom is -0.480 e. The summed E-state index contributed by atoms with van der Waals surface area (Å²) in [5, 5.41) is 23.3. The highest BCUT2D eigenvalue weighted by atomic mass is 35.5. The molecule has 1 heterocycles. The summed E-state index contributed by atoms with van der Waals surface area (Å²) >= 11 is 12.1. The lowest BCUT2D eigenvalue weighted by molar-refractivity contribution is -0.384. The maximum atomic E-state index is 13.1. The zero-order valence-electron chi connectivity index (χ0n) is 19.6. The largest absolute Gasteiger partial charge is 0.480 e. The second kappa shape index (κ2) is 10.5. The number of fused-ring (bicyclic) bond motifs is 1. The van der Waals surface area contributed by atoms with Crippen molar-refractivity contribution in [2.45, 2.75) is 12.5 Å². The number of nitrogens with one attached hydrogen (secondary N) is 1. The topological polar surface area (TPSA) is 154 Å². The number of nitrogens with zero attached hydrogens (tertiary/aromatic N) is 3. The number of non-ortho nitro benzene ring substituents is 1. The van der Waals surface area contributed by atoms with Crippen LogP contribution in [0.1, 0.15) is 15.9 Å². The molecule has 0 unspecified atom stereocenters. The van der Waals surface area contributed by atoms with Crippen molar-refractivity contribution in [3.05, 3.63) is 113 Å². The van der Waals surface area contributed by atoms with Crippen LogP contribution in [0.2, 0.25) is 10.0 Å². The molecule has 4 aromatic rings. The van der Waals surface area contributed by atoms with E-state index in [1.54, 1.807) is 6.07 Å². The Bertz CT molecular complexity index is 1710. The Morgan fingerprint density at radius 3 is 2.26 bits per heavy atom. The zero-order valence-corrected chi connectivity index (χ0v) is 21.1. The number of amides is 1. The number of carboxylic acids is 1. The average molecular weight is 557 g/mol. The molecule has 0 radical (unpaired) electrons. The van der Waals surface area contributed by atoms with Gasteiger partial charge in [-0.25, -0.2) is 14.2 Å². The monoisotopic (exact) mass is 556 g/mol. The molecule has 0 aliphatic heterocycles. The second-order valence-electron chi connectivity index (χ2n) is 8.27. The first-order valence-electron chi connectivity index (χ1n) is 11.0. The number of hydrogen-bond donors (Lipinski definition) is 2. The van der Waals surface area contributed by atoms with Gasteiger partial charge in [-0.1, -0.05) is 41.4 Å². The number of halogens is 2. The summed E-state index contributed by atoms with van der Waals surface area (Å²) in [6.07, 6.45) is -0.125. The molecule has 4 rings (SSSR count). The van der Waals surface area contributed by atoms with Crippen molar-refractivity contribution in [3.8, 4) is 5.69 Å². The number of aromatic nitrogens is 2.